The second kappa shape index (κ2) is 6.15. The normalized spacial score (nSPS) is 12.2. The van der Waals surface area contributed by atoms with Crippen LogP contribution in [0, 0.1) is 5.92 Å². The predicted molar refractivity (Wildman–Crippen MR) is 59.4 cm³/mol. The van der Waals surface area contributed by atoms with Gasteiger partial charge in [0.15, 0.2) is 0 Å². The molecule has 84 valence electrons. The lowest BCUT2D eigenvalue weighted by atomic mass is 10.2. The first-order valence-electron chi connectivity index (χ1n) is 4.77. The summed E-state index contributed by atoms with van der Waals surface area (Å²) in [5.41, 5.74) is 2.46. The summed E-state index contributed by atoms with van der Waals surface area (Å²) in [6.07, 6.45) is 1.46. The third-order valence-electron chi connectivity index (χ3n) is 1.90. The zero-order valence-corrected chi connectivity index (χ0v) is 9.03. The predicted octanol–water partition coefficient (Wildman–Crippen LogP) is 0.457. The summed E-state index contributed by atoms with van der Waals surface area (Å²) in [5, 5.41) is 3.18. The van der Waals surface area contributed by atoms with Gasteiger partial charge in [0.2, 0.25) is 0 Å². The van der Waals surface area contributed by atoms with Crippen LogP contribution in [0.5, 0.6) is 0 Å². The number of nitrogens with two attached hydrogens (primary N) is 1. The molecule has 0 aliphatic heterocycles. The highest BCUT2D eigenvalue weighted by atomic mass is 16.5. The van der Waals surface area contributed by atoms with Crippen molar-refractivity contribution in [2.45, 2.75) is 6.92 Å². The number of nitrogens with zero attached hydrogens (tertiary/aromatic N) is 2. The molecular formula is C9H17N5O. The van der Waals surface area contributed by atoms with Crippen molar-refractivity contribution in [1.82, 2.24) is 9.97 Å². The Morgan fingerprint density at radius 1 is 1.47 bits per heavy atom. The Bertz CT molecular complexity index is 294. The maximum absolute atomic E-state index is 5.23. The molecule has 0 bridgehead atoms. The summed E-state index contributed by atoms with van der Waals surface area (Å²) >= 11 is 0. The summed E-state index contributed by atoms with van der Waals surface area (Å²) in [6, 6.07) is 1.75. The number of hydrazine groups is 1. The summed E-state index contributed by atoms with van der Waals surface area (Å²) in [4.78, 5) is 7.97. The SMILES string of the molecule is COCC(C)CNc1cc(NN)ncn1. The smallest absolute Gasteiger partial charge is 0.145 e. The van der Waals surface area contributed by atoms with Gasteiger partial charge in [0.05, 0.1) is 6.61 Å². The molecule has 1 aromatic rings. The van der Waals surface area contributed by atoms with Gasteiger partial charge in [-0.15, -0.1) is 0 Å². The first-order valence-corrected chi connectivity index (χ1v) is 4.77. The first-order chi connectivity index (χ1) is 7.26. The first kappa shape index (κ1) is 11.7. The fourth-order valence-corrected chi connectivity index (χ4v) is 1.16. The van der Waals surface area contributed by atoms with E-state index < -0.39 is 0 Å². The quantitative estimate of drug-likeness (QED) is 0.468. The highest BCUT2D eigenvalue weighted by molar-refractivity contribution is 5.45. The fraction of sp³-hybridized carbons (Fsp3) is 0.556. The lowest BCUT2D eigenvalue weighted by Crippen LogP contribution is -2.17. The topological polar surface area (TPSA) is 85.1 Å². The molecule has 1 atom stereocenters. The van der Waals surface area contributed by atoms with E-state index in [4.69, 9.17) is 10.6 Å². The standard InChI is InChI=1S/C9H17N5O/c1-7(5-15-2)4-11-8-3-9(14-10)13-6-12-8/h3,6-7H,4-5,10H2,1-2H3,(H2,11,12,13,14). The Balaban J connectivity index is 2.43. The molecular weight excluding hydrogens is 194 g/mol. The van der Waals surface area contributed by atoms with Gasteiger partial charge in [0.1, 0.15) is 18.0 Å². The number of ether oxygens (including phenoxy) is 1. The molecule has 1 rings (SSSR count). The number of nitrogens with one attached hydrogen (secondary N) is 2. The number of rotatable bonds is 6. The van der Waals surface area contributed by atoms with Crippen molar-refractivity contribution in [1.29, 1.82) is 0 Å². The Labute approximate surface area is 89.2 Å². The van der Waals surface area contributed by atoms with E-state index in [1.165, 1.54) is 6.33 Å². The second-order valence-corrected chi connectivity index (χ2v) is 3.37. The molecule has 6 heteroatoms. The minimum atomic E-state index is 0.430. The molecule has 0 amide bonds. The van der Waals surface area contributed by atoms with Crippen LogP contribution in [0.15, 0.2) is 12.4 Å². The number of anilines is 2. The van der Waals surface area contributed by atoms with E-state index in [1.807, 2.05) is 0 Å². The van der Waals surface area contributed by atoms with Crippen LogP contribution in [0.1, 0.15) is 6.92 Å². The molecule has 0 aromatic carbocycles. The molecule has 1 aromatic heterocycles. The number of nitrogen functional groups attached to an aromatic ring is 1. The van der Waals surface area contributed by atoms with Crippen molar-refractivity contribution in [3.05, 3.63) is 12.4 Å². The molecule has 6 nitrogen and oxygen atoms in total. The lowest BCUT2D eigenvalue weighted by Gasteiger charge is -2.12. The van der Waals surface area contributed by atoms with E-state index in [2.05, 4.69) is 27.6 Å². The van der Waals surface area contributed by atoms with Crippen molar-refractivity contribution in [2.75, 3.05) is 31.0 Å². The second-order valence-electron chi connectivity index (χ2n) is 3.37. The summed E-state index contributed by atoms with van der Waals surface area (Å²) in [6.45, 7) is 3.62. The van der Waals surface area contributed by atoms with E-state index in [0.29, 0.717) is 11.7 Å². The van der Waals surface area contributed by atoms with Crippen molar-refractivity contribution in [3.63, 3.8) is 0 Å². The Morgan fingerprint density at radius 2 is 2.20 bits per heavy atom. The molecule has 4 N–H and O–H groups in total. The van der Waals surface area contributed by atoms with Crippen molar-refractivity contribution in [2.24, 2.45) is 11.8 Å². The Kier molecular flexibility index (Phi) is 4.79. The molecule has 0 aliphatic rings. The van der Waals surface area contributed by atoms with Crippen LogP contribution >= 0.6 is 0 Å². The highest BCUT2D eigenvalue weighted by Gasteiger charge is 2.02. The largest absolute Gasteiger partial charge is 0.384 e. The molecule has 1 unspecified atom stereocenters. The highest BCUT2D eigenvalue weighted by Crippen LogP contribution is 2.07. The van der Waals surface area contributed by atoms with Gasteiger partial charge in [0.25, 0.3) is 0 Å². The van der Waals surface area contributed by atoms with E-state index >= 15 is 0 Å². The van der Waals surface area contributed by atoms with Crippen LogP contribution in [0.25, 0.3) is 0 Å². The number of hydrogen-bond donors (Lipinski definition) is 3. The number of hydrogen-bond acceptors (Lipinski definition) is 6. The summed E-state index contributed by atoms with van der Waals surface area (Å²) < 4.78 is 5.03. The minimum Gasteiger partial charge on any atom is -0.384 e. The Hall–Kier alpha value is -1.40. The van der Waals surface area contributed by atoms with E-state index in [0.717, 1.165) is 19.0 Å². The fourth-order valence-electron chi connectivity index (χ4n) is 1.16. The van der Waals surface area contributed by atoms with Crippen LogP contribution in [0.4, 0.5) is 11.6 Å². The molecule has 0 radical (unpaired) electrons. The maximum atomic E-state index is 5.23. The van der Waals surface area contributed by atoms with E-state index in [-0.39, 0.29) is 0 Å². The van der Waals surface area contributed by atoms with Gasteiger partial charge in [-0.25, -0.2) is 15.8 Å². The number of aromatic nitrogens is 2. The van der Waals surface area contributed by atoms with Crippen LogP contribution in [-0.2, 0) is 4.74 Å². The van der Waals surface area contributed by atoms with Gasteiger partial charge in [-0.3, -0.25) is 0 Å². The molecule has 0 aliphatic carbocycles. The van der Waals surface area contributed by atoms with Crippen molar-refractivity contribution >= 4 is 11.6 Å². The van der Waals surface area contributed by atoms with Gasteiger partial charge in [-0.05, 0) is 5.92 Å². The number of methoxy groups -OCH3 is 1. The van der Waals surface area contributed by atoms with Crippen LogP contribution in [0.3, 0.4) is 0 Å². The molecule has 0 saturated heterocycles. The van der Waals surface area contributed by atoms with Crippen molar-refractivity contribution < 1.29 is 4.74 Å². The summed E-state index contributed by atoms with van der Waals surface area (Å²) in [5.74, 6) is 7.00. The molecule has 1 heterocycles. The third-order valence-corrected chi connectivity index (χ3v) is 1.90. The minimum absolute atomic E-state index is 0.430. The van der Waals surface area contributed by atoms with E-state index in [1.54, 1.807) is 13.2 Å². The van der Waals surface area contributed by atoms with Gasteiger partial charge in [0, 0.05) is 19.7 Å². The zero-order chi connectivity index (χ0) is 11.1. The van der Waals surface area contributed by atoms with Crippen LogP contribution in [-0.4, -0.2) is 30.2 Å². The van der Waals surface area contributed by atoms with Gasteiger partial charge >= 0.3 is 0 Å². The molecule has 0 saturated carbocycles. The zero-order valence-electron chi connectivity index (χ0n) is 9.03. The Morgan fingerprint density at radius 3 is 2.87 bits per heavy atom. The average molecular weight is 211 g/mol. The van der Waals surface area contributed by atoms with E-state index in [9.17, 15) is 0 Å². The van der Waals surface area contributed by atoms with Crippen LogP contribution < -0.4 is 16.6 Å². The van der Waals surface area contributed by atoms with Crippen molar-refractivity contribution in [3.8, 4) is 0 Å². The lowest BCUT2D eigenvalue weighted by molar-refractivity contribution is 0.164. The molecule has 15 heavy (non-hydrogen) atoms. The van der Waals surface area contributed by atoms with Gasteiger partial charge in [-0.1, -0.05) is 6.92 Å². The third kappa shape index (κ3) is 4.09. The maximum Gasteiger partial charge on any atom is 0.145 e. The summed E-state index contributed by atoms with van der Waals surface area (Å²) in [7, 11) is 1.69. The van der Waals surface area contributed by atoms with Gasteiger partial charge < -0.3 is 15.5 Å². The molecule has 0 spiro atoms. The monoisotopic (exact) mass is 211 g/mol. The average Bonchev–Trinajstić information content (AvgIpc) is 2.27. The van der Waals surface area contributed by atoms with Crippen LogP contribution in [0.2, 0.25) is 0 Å². The molecule has 0 fully saturated rings. The van der Waals surface area contributed by atoms with Gasteiger partial charge in [-0.2, -0.15) is 0 Å².